The number of hydrogen-bond acceptors (Lipinski definition) is 7. The molecule has 192 valence electrons. The van der Waals surface area contributed by atoms with Gasteiger partial charge in [-0.3, -0.25) is 4.79 Å². The van der Waals surface area contributed by atoms with Crippen molar-refractivity contribution in [3.63, 3.8) is 0 Å². The van der Waals surface area contributed by atoms with Crippen molar-refractivity contribution in [3.05, 3.63) is 88.6 Å². The first-order valence-electron chi connectivity index (χ1n) is 12.7. The monoisotopic (exact) mass is 500 g/mol. The number of benzene rings is 3. The second kappa shape index (κ2) is 11.5. The fraction of sp³-hybridized carbons (Fsp3) is 0.300. The van der Waals surface area contributed by atoms with E-state index in [1.165, 1.54) is 12.1 Å². The molecule has 3 aromatic carbocycles. The quantitative estimate of drug-likeness (QED) is 0.332. The van der Waals surface area contributed by atoms with Gasteiger partial charge in [-0.15, -0.1) is 0 Å². The van der Waals surface area contributed by atoms with E-state index in [1.807, 2.05) is 60.7 Å². The van der Waals surface area contributed by atoms with Gasteiger partial charge in [0, 0.05) is 50.4 Å². The Morgan fingerprint density at radius 2 is 1.62 bits per heavy atom. The lowest BCUT2D eigenvalue weighted by atomic mass is 10.1. The first kappa shape index (κ1) is 24.9. The van der Waals surface area contributed by atoms with E-state index in [1.54, 1.807) is 0 Å². The third kappa shape index (κ3) is 5.96. The van der Waals surface area contributed by atoms with Crippen LogP contribution in [0.15, 0.2) is 82.0 Å². The largest absolute Gasteiger partial charge is 0.507 e. The summed E-state index contributed by atoms with van der Waals surface area (Å²) in [6.45, 7) is 5.84. The normalized spacial score (nSPS) is 14.6. The average molecular weight is 501 g/mol. The Kier molecular flexibility index (Phi) is 7.73. The van der Waals surface area contributed by atoms with E-state index in [2.05, 4.69) is 16.8 Å². The predicted molar refractivity (Wildman–Crippen MR) is 144 cm³/mol. The van der Waals surface area contributed by atoms with Crippen molar-refractivity contribution in [3.8, 4) is 28.6 Å². The molecule has 1 N–H and O–H groups in total. The molecule has 7 heteroatoms. The van der Waals surface area contributed by atoms with Crippen molar-refractivity contribution in [1.82, 2.24) is 9.80 Å². The summed E-state index contributed by atoms with van der Waals surface area (Å²) in [5.41, 5.74) is 1.59. The van der Waals surface area contributed by atoms with Crippen LogP contribution < -0.4 is 14.9 Å². The number of fused-ring (bicyclic) bond motifs is 1. The molecule has 0 saturated carbocycles. The van der Waals surface area contributed by atoms with Crippen LogP contribution in [0.25, 0.3) is 22.3 Å². The van der Waals surface area contributed by atoms with Crippen molar-refractivity contribution in [1.29, 1.82) is 0 Å². The van der Waals surface area contributed by atoms with E-state index >= 15 is 0 Å². The van der Waals surface area contributed by atoms with Gasteiger partial charge in [-0.1, -0.05) is 60.7 Å². The highest BCUT2D eigenvalue weighted by molar-refractivity contribution is 5.91. The predicted octanol–water partition coefficient (Wildman–Crippen LogP) is 4.76. The minimum absolute atomic E-state index is 0.0841. The topological polar surface area (TPSA) is 75.4 Å². The first-order chi connectivity index (χ1) is 18.1. The smallest absolute Gasteiger partial charge is 0.205 e. The molecule has 0 spiro atoms. The van der Waals surface area contributed by atoms with Crippen LogP contribution in [0.2, 0.25) is 0 Å². The SMILES string of the molecule is CN1CCN(CCCOc2c(OCc3ccccc3)cc(O)c3c(=O)cc(-c4ccccc4)oc23)CC1. The van der Waals surface area contributed by atoms with E-state index in [0.717, 1.165) is 50.3 Å². The van der Waals surface area contributed by atoms with Crippen molar-refractivity contribution >= 4 is 11.0 Å². The van der Waals surface area contributed by atoms with Gasteiger partial charge in [0.1, 0.15) is 23.5 Å². The standard InChI is InChI=1S/C30H32N2O5/c1-31-14-16-32(17-15-31)13-8-18-35-29-27(36-21-22-9-4-2-5-10-22)20-25(34)28-24(33)19-26(37-30(28)29)23-11-6-3-7-12-23/h2-7,9-12,19-20,34H,8,13-18,21H2,1H3. The number of rotatable bonds is 9. The maximum atomic E-state index is 13.1. The van der Waals surface area contributed by atoms with Gasteiger partial charge in [0.05, 0.1) is 6.61 Å². The number of phenols is 1. The summed E-state index contributed by atoms with van der Waals surface area (Å²) in [4.78, 5) is 17.8. The summed E-state index contributed by atoms with van der Waals surface area (Å²) < 4.78 is 18.6. The van der Waals surface area contributed by atoms with Crippen LogP contribution in [-0.4, -0.2) is 61.3 Å². The van der Waals surface area contributed by atoms with Gasteiger partial charge in [-0.05, 0) is 19.0 Å². The van der Waals surface area contributed by atoms with Crippen LogP contribution in [0.1, 0.15) is 12.0 Å². The van der Waals surface area contributed by atoms with Crippen molar-refractivity contribution < 1.29 is 19.0 Å². The van der Waals surface area contributed by atoms with Crippen molar-refractivity contribution in [2.45, 2.75) is 13.0 Å². The molecule has 1 fully saturated rings. The highest BCUT2D eigenvalue weighted by Gasteiger charge is 2.21. The second-order valence-electron chi connectivity index (χ2n) is 9.39. The lowest BCUT2D eigenvalue weighted by Crippen LogP contribution is -2.44. The molecule has 7 nitrogen and oxygen atoms in total. The fourth-order valence-electron chi connectivity index (χ4n) is 4.53. The van der Waals surface area contributed by atoms with Gasteiger partial charge in [-0.25, -0.2) is 0 Å². The zero-order valence-corrected chi connectivity index (χ0v) is 21.1. The zero-order chi connectivity index (χ0) is 25.6. The molecule has 1 aliphatic rings. The minimum Gasteiger partial charge on any atom is -0.507 e. The van der Waals surface area contributed by atoms with Gasteiger partial charge in [0.2, 0.25) is 5.75 Å². The lowest BCUT2D eigenvalue weighted by molar-refractivity contribution is 0.145. The molecule has 2 heterocycles. The number of hydrogen-bond donors (Lipinski definition) is 1. The van der Waals surface area contributed by atoms with Crippen LogP contribution in [0.4, 0.5) is 0 Å². The molecule has 1 saturated heterocycles. The van der Waals surface area contributed by atoms with Crippen molar-refractivity contribution in [2.24, 2.45) is 0 Å². The Bertz CT molecular complexity index is 1380. The third-order valence-corrected chi connectivity index (χ3v) is 6.66. The fourth-order valence-corrected chi connectivity index (χ4v) is 4.53. The van der Waals surface area contributed by atoms with E-state index in [-0.39, 0.29) is 28.8 Å². The maximum absolute atomic E-state index is 13.1. The van der Waals surface area contributed by atoms with Gasteiger partial charge in [-0.2, -0.15) is 0 Å². The van der Waals surface area contributed by atoms with E-state index in [4.69, 9.17) is 13.9 Å². The van der Waals surface area contributed by atoms with Crippen LogP contribution in [-0.2, 0) is 6.61 Å². The highest BCUT2D eigenvalue weighted by Crippen LogP contribution is 2.41. The van der Waals surface area contributed by atoms with E-state index < -0.39 is 0 Å². The number of likely N-dealkylation sites (N-methyl/N-ethyl adjacent to an activating group) is 1. The lowest BCUT2D eigenvalue weighted by Gasteiger charge is -2.32. The molecule has 0 bridgehead atoms. The molecule has 5 rings (SSSR count). The van der Waals surface area contributed by atoms with Gasteiger partial charge in [0.15, 0.2) is 16.8 Å². The summed E-state index contributed by atoms with van der Waals surface area (Å²) >= 11 is 0. The first-order valence-corrected chi connectivity index (χ1v) is 12.7. The number of phenolic OH excluding ortho intramolecular Hbond substituents is 1. The van der Waals surface area contributed by atoms with Gasteiger partial charge in [0.25, 0.3) is 0 Å². The molecule has 0 unspecified atom stereocenters. The molecular weight excluding hydrogens is 468 g/mol. The molecule has 0 aliphatic carbocycles. The van der Waals surface area contributed by atoms with Crippen LogP contribution >= 0.6 is 0 Å². The Hall–Kier alpha value is -3.81. The Morgan fingerprint density at radius 3 is 2.35 bits per heavy atom. The summed E-state index contributed by atoms with van der Waals surface area (Å²) in [6.07, 6.45) is 0.812. The molecule has 0 radical (unpaired) electrons. The summed E-state index contributed by atoms with van der Waals surface area (Å²) in [6, 6.07) is 22.0. The molecular formula is C30H32N2O5. The van der Waals surface area contributed by atoms with Crippen LogP contribution in [0.3, 0.4) is 0 Å². The summed E-state index contributed by atoms with van der Waals surface area (Å²) in [5, 5.41) is 10.9. The Labute approximate surface area is 216 Å². The number of aromatic hydroxyl groups is 1. The third-order valence-electron chi connectivity index (χ3n) is 6.66. The van der Waals surface area contributed by atoms with Gasteiger partial charge >= 0.3 is 0 Å². The number of piperazine rings is 1. The zero-order valence-electron chi connectivity index (χ0n) is 21.1. The van der Waals surface area contributed by atoms with Gasteiger partial charge < -0.3 is 28.8 Å². The average Bonchev–Trinajstić information content (AvgIpc) is 2.92. The summed E-state index contributed by atoms with van der Waals surface area (Å²) in [5.74, 6) is 0.870. The molecule has 0 amide bonds. The molecule has 4 aromatic rings. The van der Waals surface area contributed by atoms with E-state index in [0.29, 0.717) is 23.9 Å². The van der Waals surface area contributed by atoms with Crippen LogP contribution in [0, 0.1) is 0 Å². The molecule has 1 aliphatic heterocycles. The summed E-state index contributed by atoms with van der Waals surface area (Å²) in [7, 11) is 2.14. The maximum Gasteiger partial charge on any atom is 0.205 e. The Balaban J connectivity index is 1.46. The highest BCUT2D eigenvalue weighted by atomic mass is 16.5. The number of ether oxygens (including phenoxy) is 2. The minimum atomic E-state index is -0.338. The van der Waals surface area contributed by atoms with Crippen molar-refractivity contribution in [2.75, 3.05) is 46.4 Å². The molecule has 37 heavy (non-hydrogen) atoms. The number of nitrogens with zero attached hydrogens (tertiary/aromatic N) is 2. The van der Waals surface area contributed by atoms with Crippen LogP contribution in [0.5, 0.6) is 17.2 Å². The molecule has 1 aromatic heterocycles. The Morgan fingerprint density at radius 1 is 0.919 bits per heavy atom. The van der Waals surface area contributed by atoms with E-state index in [9.17, 15) is 9.90 Å². The second-order valence-corrected chi connectivity index (χ2v) is 9.39. The molecule has 0 atom stereocenters.